The predicted molar refractivity (Wildman–Crippen MR) is 144 cm³/mol. The van der Waals surface area contributed by atoms with Crippen LogP contribution in [0.3, 0.4) is 0 Å². The molecule has 0 spiro atoms. The van der Waals surface area contributed by atoms with Crippen LogP contribution in [0, 0.1) is 0 Å². The van der Waals surface area contributed by atoms with Gasteiger partial charge in [0.05, 0.1) is 16.3 Å². The normalized spacial score (nSPS) is 15.7. The second kappa shape index (κ2) is 11.6. The molecule has 0 aliphatic carbocycles. The highest BCUT2D eigenvalue weighted by Crippen LogP contribution is 2.26. The molecule has 3 heterocycles. The molecule has 1 fully saturated rings. The number of ether oxygens (including phenoxy) is 2. The first kappa shape index (κ1) is 25.1. The maximum absolute atomic E-state index is 13.0. The Bertz CT molecular complexity index is 1260. The molecular formula is C27H30ClN3O3S. The molecule has 1 amide bonds. The van der Waals surface area contributed by atoms with Gasteiger partial charge in [-0.2, -0.15) is 0 Å². The Labute approximate surface area is 215 Å². The third kappa shape index (κ3) is 5.99. The number of nitrogens with zero attached hydrogens (tertiary/aromatic N) is 1. The summed E-state index contributed by atoms with van der Waals surface area (Å²) in [6.45, 7) is 2.43. The number of anilines is 1. The number of aryl methyl sites for hydroxylation is 1. The van der Waals surface area contributed by atoms with Crippen molar-refractivity contribution in [1.29, 1.82) is 0 Å². The molecule has 1 unspecified atom stereocenters. The number of aromatic nitrogens is 1. The van der Waals surface area contributed by atoms with Crippen LogP contribution in [0.1, 0.15) is 35.3 Å². The van der Waals surface area contributed by atoms with Gasteiger partial charge >= 0.3 is 0 Å². The number of carbonyl (C=O) groups excluding carboxylic acids is 1. The largest absolute Gasteiger partial charge is 0.490 e. The smallest absolute Gasteiger partial charge is 0.272 e. The number of amides is 1. The summed E-state index contributed by atoms with van der Waals surface area (Å²) in [6.07, 6.45) is 3.51. The number of carbonyl (C=O) groups is 1. The van der Waals surface area contributed by atoms with Crippen molar-refractivity contribution in [2.45, 2.75) is 32.0 Å². The van der Waals surface area contributed by atoms with Crippen LogP contribution in [-0.2, 0) is 13.7 Å². The number of hydrogen-bond acceptors (Lipinski definition) is 5. The molecule has 2 aromatic heterocycles. The van der Waals surface area contributed by atoms with Gasteiger partial charge in [-0.15, -0.1) is 23.7 Å². The van der Waals surface area contributed by atoms with Crippen LogP contribution in [0.15, 0.2) is 66.0 Å². The number of fused-ring (bicyclic) bond motifs is 1. The molecule has 1 aliphatic rings. The topological polar surface area (TPSA) is 64.5 Å². The highest BCUT2D eigenvalue weighted by molar-refractivity contribution is 7.17. The van der Waals surface area contributed by atoms with E-state index in [1.807, 2.05) is 77.7 Å². The summed E-state index contributed by atoms with van der Waals surface area (Å²) in [5.74, 6) is 1.50. The quantitative estimate of drug-likeness (QED) is 0.319. The number of rotatable bonds is 7. The first-order valence-electron chi connectivity index (χ1n) is 11.7. The van der Waals surface area contributed by atoms with Crippen molar-refractivity contribution in [3.63, 3.8) is 0 Å². The summed E-state index contributed by atoms with van der Waals surface area (Å²) in [5.41, 5.74) is 3.37. The second-order valence-electron chi connectivity index (χ2n) is 8.55. The summed E-state index contributed by atoms with van der Waals surface area (Å²) in [4.78, 5) is 13.0. The zero-order valence-electron chi connectivity index (χ0n) is 19.7. The van der Waals surface area contributed by atoms with E-state index < -0.39 is 0 Å². The maximum atomic E-state index is 13.0. The number of hydrogen-bond donors (Lipinski definition) is 2. The van der Waals surface area contributed by atoms with Gasteiger partial charge in [0.1, 0.15) is 23.8 Å². The van der Waals surface area contributed by atoms with E-state index in [-0.39, 0.29) is 24.4 Å². The van der Waals surface area contributed by atoms with Gasteiger partial charge in [0.25, 0.3) is 5.91 Å². The molecule has 0 radical (unpaired) electrons. The van der Waals surface area contributed by atoms with Crippen LogP contribution in [0.2, 0.25) is 0 Å². The molecule has 0 saturated carbocycles. The lowest BCUT2D eigenvalue weighted by Crippen LogP contribution is -2.19. The average molecular weight is 512 g/mol. The molecule has 2 N–H and O–H groups in total. The van der Waals surface area contributed by atoms with E-state index in [2.05, 4.69) is 10.6 Å². The van der Waals surface area contributed by atoms with Crippen molar-refractivity contribution in [1.82, 2.24) is 9.88 Å². The van der Waals surface area contributed by atoms with E-state index in [9.17, 15) is 4.79 Å². The molecule has 1 aliphatic heterocycles. The van der Waals surface area contributed by atoms with E-state index in [0.717, 1.165) is 65.3 Å². The highest BCUT2D eigenvalue weighted by Gasteiger charge is 2.16. The molecule has 4 aromatic rings. The molecule has 1 atom stereocenters. The molecule has 8 heteroatoms. The lowest BCUT2D eigenvalue weighted by Gasteiger charge is -2.17. The third-order valence-corrected chi connectivity index (χ3v) is 7.06. The summed E-state index contributed by atoms with van der Waals surface area (Å²) in [7, 11) is 1.92. The van der Waals surface area contributed by atoms with E-state index in [4.69, 9.17) is 9.47 Å². The van der Waals surface area contributed by atoms with Crippen molar-refractivity contribution in [3.05, 3.63) is 77.3 Å². The average Bonchev–Trinajstić information content (AvgIpc) is 3.34. The van der Waals surface area contributed by atoms with Gasteiger partial charge in [-0.1, -0.05) is 18.2 Å². The fourth-order valence-electron chi connectivity index (χ4n) is 4.30. The molecule has 1 saturated heterocycles. The summed E-state index contributed by atoms with van der Waals surface area (Å²) in [5, 5.41) is 8.50. The number of para-hydroxylation sites is 1. The summed E-state index contributed by atoms with van der Waals surface area (Å²) >= 11 is 1.63. The second-order valence-corrected chi connectivity index (χ2v) is 9.50. The Balaban J connectivity index is 0.00000289. The number of benzene rings is 2. The Morgan fingerprint density at radius 2 is 1.89 bits per heavy atom. The molecular weight excluding hydrogens is 482 g/mol. The lowest BCUT2D eigenvalue weighted by molar-refractivity contribution is 0.101. The van der Waals surface area contributed by atoms with Crippen LogP contribution >= 0.6 is 23.7 Å². The van der Waals surface area contributed by atoms with E-state index in [0.29, 0.717) is 12.3 Å². The van der Waals surface area contributed by atoms with Gasteiger partial charge in [-0.3, -0.25) is 4.79 Å². The molecule has 35 heavy (non-hydrogen) atoms. The van der Waals surface area contributed by atoms with E-state index >= 15 is 0 Å². The fourth-order valence-corrected chi connectivity index (χ4v) is 5.14. The molecule has 6 nitrogen and oxygen atoms in total. The van der Waals surface area contributed by atoms with Gasteiger partial charge in [-0.05, 0) is 80.2 Å². The Kier molecular flexibility index (Phi) is 8.33. The van der Waals surface area contributed by atoms with Gasteiger partial charge in [0.15, 0.2) is 0 Å². The van der Waals surface area contributed by atoms with Gasteiger partial charge in [0, 0.05) is 18.3 Å². The summed E-state index contributed by atoms with van der Waals surface area (Å²) in [6, 6.07) is 19.5. The first-order chi connectivity index (χ1) is 16.7. The van der Waals surface area contributed by atoms with Crippen molar-refractivity contribution in [3.8, 4) is 11.5 Å². The maximum Gasteiger partial charge on any atom is 0.272 e. The SMILES string of the molecule is Cl.Cn1c(C(=O)Nc2ccccc2COc2ccc(OC3CCCNCC3)cc2)cc2sccc21. The monoisotopic (exact) mass is 511 g/mol. The van der Waals surface area contributed by atoms with Crippen molar-refractivity contribution >= 4 is 45.6 Å². The minimum Gasteiger partial charge on any atom is -0.490 e. The fraction of sp³-hybridized carbons (Fsp3) is 0.296. The van der Waals surface area contributed by atoms with Crippen LogP contribution in [-0.4, -0.2) is 29.7 Å². The zero-order chi connectivity index (χ0) is 23.3. The van der Waals surface area contributed by atoms with E-state index in [1.54, 1.807) is 11.3 Å². The first-order valence-corrected chi connectivity index (χ1v) is 12.6. The minimum absolute atomic E-state index is 0. The van der Waals surface area contributed by atoms with Crippen molar-refractivity contribution < 1.29 is 14.3 Å². The van der Waals surface area contributed by atoms with E-state index in [1.165, 1.54) is 0 Å². The van der Waals surface area contributed by atoms with Crippen LogP contribution in [0.5, 0.6) is 11.5 Å². The lowest BCUT2D eigenvalue weighted by atomic mass is 10.1. The van der Waals surface area contributed by atoms with Crippen molar-refractivity contribution in [2.75, 3.05) is 18.4 Å². The number of halogens is 1. The molecule has 5 rings (SSSR count). The molecule has 184 valence electrons. The molecule has 2 aromatic carbocycles. The Hall–Kier alpha value is -3.00. The van der Waals surface area contributed by atoms with Crippen LogP contribution < -0.4 is 20.1 Å². The number of nitrogens with one attached hydrogen (secondary N) is 2. The summed E-state index contributed by atoms with van der Waals surface area (Å²) < 4.78 is 15.2. The van der Waals surface area contributed by atoms with Gasteiger partial charge in [-0.25, -0.2) is 0 Å². The molecule has 0 bridgehead atoms. The standard InChI is InChI=1S/C27H29N3O3S.ClH/c1-30-24-13-16-34-26(24)17-25(30)27(31)29-23-7-3-2-5-19(23)18-32-20-8-10-22(11-9-20)33-21-6-4-14-28-15-12-21;/h2-3,5,7-11,13,16-17,21,28H,4,6,12,14-15,18H2,1H3,(H,29,31);1H. The van der Waals surface area contributed by atoms with Crippen molar-refractivity contribution in [2.24, 2.45) is 7.05 Å². The minimum atomic E-state index is -0.131. The van der Waals surface area contributed by atoms with Gasteiger partial charge < -0.3 is 24.7 Å². The van der Waals surface area contributed by atoms with Gasteiger partial charge in [0.2, 0.25) is 0 Å². The zero-order valence-corrected chi connectivity index (χ0v) is 21.3. The predicted octanol–water partition coefficient (Wildman–Crippen LogP) is 6.01. The Morgan fingerprint density at radius 1 is 1.09 bits per heavy atom. The number of thiophene rings is 1. The third-order valence-electron chi connectivity index (χ3n) is 6.21. The van der Waals surface area contributed by atoms with Crippen LogP contribution in [0.25, 0.3) is 10.2 Å². The van der Waals surface area contributed by atoms with Crippen LogP contribution in [0.4, 0.5) is 5.69 Å². The Morgan fingerprint density at radius 3 is 2.71 bits per heavy atom. The highest BCUT2D eigenvalue weighted by atomic mass is 35.5.